The summed E-state index contributed by atoms with van der Waals surface area (Å²) in [5.74, 6) is 0.718. The van der Waals surface area contributed by atoms with Gasteiger partial charge in [-0.1, -0.05) is 32.9 Å². The molecule has 1 fully saturated rings. The Bertz CT molecular complexity index is 804. The largest absolute Gasteiger partial charge is 0.482 e. The van der Waals surface area contributed by atoms with Crippen molar-refractivity contribution in [2.24, 2.45) is 0 Å². The van der Waals surface area contributed by atoms with Crippen molar-refractivity contribution in [2.75, 3.05) is 18.1 Å². The number of anilines is 1. The lowest BCUT2D eigenvalue weighted by molar-refractivity contribution is -0.136. The van der Waals surface area contributed by atoms with Gasteiger partial charge in [0.1, 0.15) is 11.5 Å². The van der Waals surface area contributed by atoms with Gasteiger partial charge in [-0.05, 0) is 53.8 Å². The summed E-state index contributed by atoms with van der Waals surface area (Å²) < 4.78 is 10.8. The number of esters is 1. The van der Waals surface area contributed by atoms with Crippen molar-refractivity contribution in [3.63, 3.8) is 0 Å². The predicted octanol–water partition coefficient (Wildman–Crippen LogP) is 4.10. The Morgan fingerprint density at radius 2 is 1.63 bits per heavy atom. The Balaban J connectivity index is 1.51. The van der Waals surface area contributed by atoms with Gasteiger partial charge < -0.3 is 14.4 Å². The van der Waals surface area contributed by atoms with E-state index in [4.69, 9.17) is 9.47 Å². The Kier molecular flexibility index (Phi) is 5.49. The molecule has 0 aliphatic carbocycles. The minimum atomic E-state index is -0.472. The fourth-order valence-electron chi connectivity index (χ4n) is 2.97. The molecule has 1 amide bonds. The summed E-state index contributed by atoms with van der Waals surface area (Å²) >= 11 is 0. The highest BCUT2D eigenvalue weighted by Crippen LogP contribution is 2.25. The number of nitrogens with zero attached hydrogens (tertiary/aromatic N) is 1. The van der Waals surface area contributed by atoms with Crippen molar-refractivity contribution < 1.29 is 19.1 Å². The molecule has 0 aromatic heterocycles. The SMILES string of the molecule is CC(C)(C)c1ccc(OCC(=O)Oc2ccc(N3CCCC3=O)cc2)cc1. The van der Waals surface area contributed by atoms with Gasteiger partial charge in [-0.15, -0.1) is 0 Å². The molecule has 1 aliphatic rings. The average molecular weight is 367 g/mol. The highest BCUT2D eigenvalue weighted by molar-refractivity contribution is 5.95. The van der Waals surface area contributed by atoms with E-state index in [1.807, 2.05) is 24.3 Å². The van der Waals surface area contributed by atoms with Gasteiger partial charge in [0.25, 0.3) is 0 Å². The number of hydrogen-bond acceptors (Lipinski definition) is 4. The van der Waals surface area contributed by atoms with Crippen molar-refractivity contribution in [3.8, 4) is 11.5 Å². The Labute approximate surface area is 159 Å². The smallest absolute Gasteiger partial charge is 0.349 e. The molecular weight excluding hydrogens is 342 g/mol. The first-order valence-corrected chi connectivity index (χ1v) is 9.17. The molecule has 0 bridgehead atoms. The zero-order valence-corrected chi connectivity index (χ0v) is 16.0. The van der Waals surface area contributed by atoms with E-state index >= 15 is 0 Å². The monoisotopic (exact) mass is 367 g/mol. The standard InChI is InChI=1S/C22H25NO4/c1-22(2,3)16-6-10-18(11-7-16)26-15-21(25)27-19-12-8-17(9-13-19)23-14-4-5-20(23)24/h6-13H,4-5,14-15H2,1-3H3. The van der Waals surface area contributed by atoms with Crippen LogP contribution < -0.4 is 14.4 Å². The van der Waals surface area contributed by atoms with Crippen LogP contribution in [0, 0.1) is 0 Å². The van der Waals surface area contributed by atoms with Crippen molar-refractivity contribution in [1.82, 2.24) is 0 Å². The summed E-state index contributed by atoms with van der Waals surface area (Å²) in [5, 5.41) is 0. The molecule has 5 nitrogen and oxygen atoms in total. The van der Waals surface area contributed by atoms with Gasteiger partial charge in [0.2, 0.25) is 5.91 Å². The molecule has 0 radical (unpaired) electrons. The minimum Gasteiger partial charge on any atom is -0.482 e. The number of carbonyl (C=O) groups is 2. The summed E-state index contributed by atoms with van der Waals surface area (Å²) in [6.07, 6.45) is 1.47. The summed E-state index contributed by atoms with van der Waals surface area (Å²) in [5.41, 5.74) is 2.10. The summed E-state index contributed by atoms with van der Waals surface area (Å²) in [6.45, 7) is 7.00. The maximum Gasteiger partial charge on any atom is 0.349 e. The van der Waals surface area contributed by atoms with E-state index in [0.29, 0.717) is 17.9 Å². The molecule has 5 heteroatoms. The van der Waals surface area contributed by atoms with Gasteiger partial charge >= 0.3 is 5.97 Å². The van der Waals surface area contributed by atoms with Gasteiger partial charge in [0, 0.05) is 18.7 Å². The van der Waals surface area contributed by atoms with Gasteiger partial charge in [0.05, 0.1) is 0 Å². The van der Waals surface area contributed by atoms with E-state index in [-0.39, 0.29) is 17.9 Å². The molecule has 3 rings (SSSR count). The lowest BCUT2D eigenvalue weighted by atomic mass is 9.87. The van der Waals surface area contributed by atoms with E-state index in [2.05, 4.69) is 20.8 Å². The summed E-state index contributed by atoms with van der Waals surface area (Å²) in [6, 6.07) is 14.7. The number of benzene rings is 2. The highest BCUT2D eigenvalue weighted by atomic mass is 16.6. The van der Waals surface area contributed by atoms with Crippen LogP contribution in [0.15, 0.2) is 48.5 Å². The molecule has 0 N–H and O–H groups in total. The molecule has 0 saturated carbocycles. The van der Waals surface area contributed by atoms with Gasteiger partial charge in [0.15, 0.2) is 6.61 Å². The van der Waals surface area contributed by atoms with Crippen LogP contribution in [0.4, 0.5) is 5.69 Å². The van der Waals surface area contributed by atoms with Crippen LogP contribution in [-0.4, -0.2) is 25.0 Å². The molecule has 0 atom stereocenters. The molecule has 0 unspecified atom stereocenters. The first-order valence-electron chi connectivity index (χ1n) is 9.17. The topological polar surface area (TPSA) is 55.8 Å². The van der Waals surface area contributed by atoms with Crippen LogP contribution in [0.1, 0.15) is 39.2 Å². The third-order valence-corrected chi connectivity index (χ3v) is 4.53. The second-order valence-electron chi connectivity index (χ2n) is 7.68. The lowest BCUT2D eigenvalue weighted by Gasteiger charge is -2.19. The van der Waals surface area contributed by atoms with Crippen LogP contribution in [0.25, 0.3) is 0 Å². The Morgan fingerprint density at radius 1 is 1.00 bits per heavy atom. The van der Waals surface area contributed by atoms with E-state index in [9.17, 15) is 9.59 Å². The third-order valence-electron chi connectivity index (χ3n) is 4.53. The lowest BCUT2D eigenvalue weighted by Crippen LogP contribution is -2.23. The zero-order valence-electron chi connectivity index (χ0n) is 16.0. The Hall–Kier alpha value is -2.82. The molecule has 1 heterocycles. The highest BCUT2D eigenvalue weighted by Gasteiger charge is 2.21. The maximum atomic E-state index is 12.0. The molecule has 2 aromatic rings. The molecule has 2 aromatic carbocycles. The van der Waals surface area contributed by atoms with Crippen molar-refractivity contribution in [1.29, 1.82) is 0 Å². The summed E-state index contributed by atoms with van der Waals surface area (Å²) in [4.78, 5) is 25.5. The molecule has 0 spiro atoms. The van der Waals surface area contributed by atoms with Crippen molar-refractivity contribution in [3.05, 3.63) is 54.1 Å². The zero-order chi connectivity index (χ0) is 19.4. The normalized spacial score (nSPS) is 14.3. The predicted molar refractivity (Wildman–Crippen MR) is 104 cm³/mol. The molecule has 142 valence electrons. The van der Waals surface area contributed by atoms with Gasteiger partial charge in [-0.25, -0.2) is 4.79 Å². The number of hydrogen-bond donors (Lipinski definition) is 0. The van der Waals surface area contributed by atoms with E-state index < -0.39 is 5.97 Å². The van der Waals surface area contributed by atoms with Gasteiger partial charge in [-0.3, -0.25) is 4.79 Å². The average Bonchev–Trinajstić information content (AvgIpc) is 3.06. The fourth-order valence-corrected chi connectivity index (χ4v) is 2.97. The van der Waals surface area contributed by atoms with Gasteiger partial charge in [-0.2, -0.15) is 0 Å². The quantitative estimate of drug-likeness (QED) is 0.590. The number of rotatable bonds is 5. The van der Waals surface area contributed by atoms with Crippen LogP contribution >= 0.6 is 0 Å². The van der Waals surface area contributed by atoms with Crippen LogP contribution in [0.3, 0.4) is 0 Å². The van der Waals surface area contributed by atoms with Crippen molar-refractivity contribution in [2.45, 2.75) is 39.0 Å². The van der Waals surface area contributed by atoms with E-state index in [1.165, 1.54) is 5.56 Å². The number of carbonyl (C=O) groups excluding carboxylic acids is 2. The Morgan fingerprint density at radius 3 is 2.19 bits per heavy atom. The third kappa shape index (κ3) is 4.88. The molecule has 1 saturated heterocycles. The molecule has 1 aliphatic heterocycles. The number of ether oxygens (including phenoxy) is 2. The van der Waals surface area contributed by atoms with Crippen LogP contribution in [0.2, 0.25) is 0 Å². The second-order valence-corrected chi connectivity index (χ2v) is 7.68. The second kappa shape index (κ2) is 7.82. The fraction of sp³-hybridized carbons (Fsp3) is 0.364. The van der Waals surface area contributed by atoms with Crippen molar-refractivity contribution >= 4 is 17.6 Å². The van der Waals surface area contributed by atoms with E-state index in [1.54, 1.807) is 29.2 Å². The molecule has 27 heavy (non-hydrogen) atoms. The summed E-state index contributed by atoms with van der Waals surface area (Å²) in [7, 11) is 0. The van der Waals surface area contributed by atoms with Crippen LogP contribution in [0.5, 0.6) is 11.5 Å². The van der Waals surface area contributed by atoms with E-state index in [0.717, 1.165) is 18.7 Å². The number of amides is 1. The van der Waals surface area contributed by atoms with Crippen LogP contribution in [-0.2, 0) is 15.0 Å². The maximum absolute atomic E-state index is 12.0. The first-order chi connectivity index (χ1) is 12.8. The first kappa shape index (κ1) is 19.0. The minimum absolute atomic E-state index is 0.0727. The molecular formula is C22H25NO4.